The molecule has 1 aromatic carbocycles. The van der Waals surface area contributed by atoms with Crippen LogP contribution < -0.4 is 10.1 Å². The molecular formula is C15H17BrF3NO2. The van der Waals surface area contributed by atoms with E-state index in [-0.39, 0.29) is 23.4 Å². The standard InChI is InChI=1S/C15H17BrF3NO2/c1-9(2)22-12-5-4-10(8-11(12)15(17,18)19)20-13(21)14(16)6-3-7-14/h4-5,8-9H,3,6-7H2,1-2H3,(H,20,21). The largest absolute Gasteiger partial charge is 0.490 e. The van der Waals surface area contributed by atoms with Crippen molar-refractivity contribution in [2.24, 2.45) is 0 Å². The molecule has 1 amide bonds. The van der Waals surface area contributed by atoms with Gasteiger partial charge in [0.1, 0.15) is 10.1 Å². The van der Waals surface area contributed by atoms with E-state index in [1.54, 1.807) is 13.8 Å². The van der Waals surface area contributed by atoms with Crippen molar-refractivity contribution in [3.05, 3.63) is 23.8 Å². The van der Waals surface area contributed by atoms with Crippen molar-refractivity contribution >= 4 is 27.5 Å². The average molecular weight is 380 g/mol. The van der Waals surface area contributed by atoms with Crippen LogP contribution in [0.5, 0.6) is 5.75 Å². The summed E-state index contributed by atoms with van der Waals surface area (Å²) in [6.45, 7) is 3.31. The van der Waals surface area contributed by atoms with Crippen LogP contribution in [-0.2, 0) is 11.0 Å². The predicted octanol–water partition coefficient (Wildman–Crippen LogP) is 4.75. The molecule has 0 atom stereocenters. The maximum Gasteiger partial charge on any atom is 0.420 e. The van der Waals surface area contributed by atoms with Crippen molar-refractivity contribution in [2.45, 2.75) is 49.7 Å². The van der Waals surface area contributed by atoms with E-state index in [4.69, 9.17) is 4.74 Å². The number of ether oxygens (including phenoxy) is 1. The Morgan fingerprint density at radius 1 is 1.36 bits per heavy atom. The molecule has 0 aromatic heterocycles. The number of carbonyl (C=O) groups excluding carboxylic acids is 1. The lowest BCUT2D eigenvalue weighted by atomic mass is 9.84. The van der Waals surface area contributed by atoms with E-state index in [0.29, 0.717) is 12.8 Å². The number of hydrogen-bond acceptors (Lipinski definition) is 2. The van der Waals surface area contributed by atoms with E-state index in [1.807, 2.05) is 0 Å². The van der Waals surface area contributed by atoms with E-state index < -0.39 is 16.1 Å². The molecule has 0 heterocycles. The van der Waals surface area contributed by atoms with E-state index >= 15 is 0 Å². The van der Waals surface area contributed by atoms with Gasteiger partial charge in [-0.1, -0.05) is 15.9 Å². The maximum absolute atomic E-state index is 13.1. The number of hydrogen-bond donors (Lipinski definition) is 1. The fourth-order valence-electron chi connectivity index (χ4n) is 2.14. The quantitative estimate of drug-likeness (QED) is 0.766. The van der Waals surface area contributed by atoms with E-state index in [1.165, 1.54) is 12.1 Å². The highest BCUT2D eigenvalue weighted by atomic mass is 79.9. The highest BCUT2D eigenvalue weighted by Crippen LogP contribution is 2.42. The first kappa shape index (κ1) is 17.1. The number of anilines is 1. The number of alkyl halides is 4. The van der Waals surface area contributed by atoms with Gasteiger partial charge < -0.3 is 10.1 Å². The van der Waals surface area contributed by atoms with Crippen molar-refractivity contribution < 1.29 is 22.7 Å². The van der Waals surface area contributed by atoms with Crippen LogP contribution in [0.2, 0.25) is 0 Å². The summed E-state index contributed by atoms with van der Waals surface area (Å²) in [7, 11) is 0. The van der Waals surface area contributed by atoms with Gasteiger partial charge in [-0.25, -0.2) is 0 Å². The zero-order valence-corrected chi connectivity index (χ0v) is 13.8. The van der Waals surface area contributed by atoms with Crippen LogP contribution in [0, 0.1) is 0 Å². The molecule has 0 aliphatic heterocycles. The fourth-order valence-corrected chi connectivity index (χ4v) is 2.80. The third kappa shape index (κ3) is 3.74. The lowest BCUT2D eigenvalue weighted by Crippen LogP contribution is -2.43. The first-order valence-corrected chi connectivity index (χ1v) is 7.79. The molecule has 2 rings (SSSR count). The van der Waals surface area contributed by atoms with Crippen LogP contribution in [0.4, 0.5) is 18.9 Å². The van der Waals surface area contributed by atoms with Gasteiger partial charge in [-0.3, -0.25) is 4.79 Å². The van der Waals surface area contributed by atoms with Gasteiger partial charge in [0, 0.05) is 5.69 Å². The topological polar surface area (TPSA) is 38.3 Å². The maximum atomic E-state index is 13.1. The summed E-state index contributed by atoms with van der Waals surface area (Å²) >= 11 is 3.34. The van der Waals surface area contributed by atoms with E-state index in [9.17, 15) is 18.0 Å². The lowest BCUT2D eigenvalue weighted by Gasteiger charge is -2.34. The number of amides is 1. The second kappa shape index (κ2) is 6.10. The van der Waals surface area contributed by atoms with Crippen molar-refractivity contribution in [3.8, 4) is 5.75 Å². The molecule has 1 aliphatic rings. The average Bonchev–Trinajstić information content (AvgIpc) is 2.35. The van der Waals surface area contributed by atoms with Gasteiger partial charge in [0.05, 0.1) is 11.7 Å². The fraction of sp³-hybridized carbons (Fsp3) is 0.533. The van der Waals surface area contributed by atoms with Crippen molar-refractivity contribution in [3.63, 3.8) is 0 Å². The number of carbonyl (C=O) groups is 1. The van der Waals surface area contributed by atoms with Gasteiger partial charge in [0.2, 0.25) is 5.91 Å². The van der Waals surface area contributed by atoms with E-state index in [0.717, 1.165) is 12.5 Å². The summed E-state index contributed by atoms with van der Waals surface area (Å²) in [5.74, 6) is -0.554. The van der Waals surface area contributed by atoms with Gasteiger partial charge in [0.15, 0.2) is 0 Å². The summed E-state index contributed by atoms with van der Waals surface area (Å²) in [5.41, 5.74) is -0.782. The zero-order valence-electron chi connectivity index (χ0n) is 12.3. The monoisotopic (exact) mass is 379 g/mol. The SMILES string of the molecule is CC(C)Oc1ccc(NC(=O)C2(Br)CCC2)cc1C(F)(F)F. The Bertz CT molecular complexity index is 568. The normalized spacial score (nSPS) is 17.0. The van der Waals surface area contributed by atoms with Gasteiger partial charge >= 0.3 is 6.18 Å². The summed E-state index contributed by atoms with van der Waals surface area (Å²) in [4.78, 5) is 12.1. The van der Waals surface area contributed by atoms with Crippen LogP contribution in [0.1, 0.15) is 38.7 Å². The first-order valence-electron chi connectivity index (χ1n) is 7.00. The molecule has 0 radical (unpaired) electrons. The lowest BCUT2D eigenvalue weighted by molar-refractivity contribution is -0.139. The van der Waals surface area contributed by atoms with Crippen LogP contribution in [0.15, 0.2) is 18.2 Å². The van der Waals surface area contributed by atoms with Crippen molar-refractivity contribution in [1.29, 1.82) is 0 Å². The minimum atomic E-state index is -4.55. The Morgan fingerprint density at radius 2 is 2.00 bits per heavy atom. The molecule has 1 aliphatic carbocycles. The molecule has 1 aromatic rings. The number of rotatable bonds is 4. The number of halogens is 4. The molecular weight excluding hydrogens is 363 g/mol. The Kier molecular flexibility index (Phi) is 4.75. The smallest absolute Gasteiger partial charge is 0.420 e. The molecule has 0 bridgehead atoms. The summed E-state index contributed by atoms with van der Waals surface area (Å²) in [6, 6.07) is 3.56. The second-order valence-electron chi connectivity index (χ2n) is 5.65. The first-order chi connectivity index (χ1) is 10.1. The molecule has 7 heteroatoms. The molecule has 0 spiro atoms. The summed E-state index contributed by atoms with van der Waals surface area (Å²) in [5, 5.41) is 2.54. The molecule has 0 saturated heterocycles. The third-order valence-electron chi connectivity index (χ3n) is 3.46. The Morgan fingerprint density at radius 3 is 2.45 bits per heavy atom. The Hall–Kier alpha value is -1.24. The Balaban J connectivity index is 2.25. The molecule has 22 heavy (non-hydrogen) atoms. The number of nitrogens with one attached hydrogen (secondary N) is 1. The highest BCUT2D eigenvalue weighted by molar-refractivity contribution is 9.10. The molecule has 122 valence electrons. The third-order valence-corrected chi connectivity index (χ3v) is 4.61. The second-order valence-corrected chi connectivity index (χ2v) is 7.17. The van der Waals surface area contributed by atoms with Gasteiger partial charge in [0.25, 0.3) is 0 Å². The molecule has 1 fully saturated rings. The van der Waals surface area contributed by atoms with Crippen molar-refractivity contribution in [1.82, 2.24) is 0 Å². The minimum absolute atomic E-state index is 0.110. The highest BCUT2D eigenvalue weighted by Gasteiger charge is 2.42. The number of benzene rings is 1. The molecule has 1 saturated carbocycles. The predicted molar refractivity (Wildman–Crippen MR) is 81.3 cm³/mol. The van der Waals surface area contributed by atoms with Crippen LogP contribution in [-0.4, -0.2) is 16.3 Å². The zero-order chi connectivity index (χ0) is 16.5. The van der Waals surface area contributed by atoms with Gasteiger partial charge in [-0.15, -0.1) is 0 Å². The molecule has 1 N–H and O–H groups in total. The van der Waals surface area contributed by atoms with Gasteiger partial charge in [-0.05, 0) is 51.3 Å². The summed E-state index contributed by atoms with van der Waals surface area (Å²) < 4.78 is 43.9. The molecule has 0 unspecified atom stereocenters. The summed E-state index contributed by atoms with van der Waals surface area (Å²) in [6.07, 6.45) is -2.64. The van der Waals surface area contributed by atoms with Crippen LogP contribution in [0.3, 0.4) is 0 Å². The minimum Gasteiger partial charge on any atom is -0.490 e. The Labute approximate surface area is 135 Å². The van der Waals surface area contributed by atoms with E-state index in [2.05, 4.69) is 21.2 Å². The molecule has 3 nitrogen and oxygen atoms in total. The van der Waals surface area contributed by atoms with Crippen LogP contribution in [0.25, 0.3) is 0 Å². The van der Waals surface area contributed by atoms with Gasteiger partial charge in [-0.2, -0.15) is 13.2 Å². The van der Waals surface area contributed by atoms with Crippen LogP contribution >= 0.6 is 15.9 Å². The van der Waals surface area contributed by atoms with Crippen molar-refractivity contribution in [2.75, 3.05) is 5.32 Å².